The van der Waals surface area contributed by atoms with Gasteiger partial charge in [0.15, 0.2) is 0 Å². The summed E-state index contributed by atoms with van der Waals surface area (Å²) in [5.74, 6) is -0.185. The number of carbonyl (C=O) groups excluding carboxylic acids is 1. The SMILES string of the molecule is Cc1ccc(CNC(=O)c2cc(Nc3cccc(C)c3C)ccn2)cc1. The molecule has 132 valence electrons. The Balaban J connectivity index is 1.69. The first-order valence-corrected chi connectivity index (χ1v) is 8.66. The van der Waals surface area contributed by atoms with Gasteiger partial charge in [0.05, 0.1) is 0 Å². The third kappa shape index (κ3) is 4.28. The second kappa shape index (κ2) is 7.83. The molecule has 0 fully saturated rings. The quantitative estimate of drug-likeness (QED) is 0.706. The molecular formula is C22H23N3O. The summed E-state index contributed by atoms with van der Waals surface area (Å²) in [6.45, 7) is 6.68. The van der Waals surface area contributed by atoms with Crippen LogP contribution in [0, 0.1) is 20.8 Å². The average molecular weight is 345 g/mol. The van der Waals surface area contributed by atoms with E-state index in [1.54, 1.807) is 12.3 Å². The molecule has 26 heavy (non-hydrogen) atoms. The summed E-state index contributed by atoms with van der Waals surface area (Å²) in [4.78, 5) is 16.6. The number of amides is 1. The molecule has 3 aromatic rings. The smallest absolute Gasteiger partial charge is 0.270 e. The van der Waals surface area contributed by atoms with Gasteiger partial charge in [0.2, 0.25) is 0 Å². The summed E-state index contributed by atoms with van der Waals surface area (Å²) in [5.41, 5.74) is 6.94. The van der Waals surface area contributed by atoms with E-state index in [-0.39, 0.29) is 5.91 Å². The lowest BCUT2D eigenvalue weighted by atomic mass is 10.1. The van der Waals surface area contributed by atoms with E-state index in [2.05, 4.69) is 35.5 Å². The maximum atomic E-state index is 12.4. The lowest BCUT2D eigenvalue weighted by molar-refractivity contribution is 0.0946. The highest BCUT2D eigenvalue weighted by molar-refractivity contribution is 5.93. The average Bonchev–Trinajstić information content (AvgIpc) is 2.65. The Morgan fingerprint density at radius 1 is 1.00 bits per heavy atom. The molecule has 0 aliphatic rings. The lowest BCUT2D eigenvalue weighted by Gasteiger charge is -2.12. The second-order valence-corrected chi connectivity index (χ2v) is 6.47. The molecule has 1 aromatic heterocycles. The maximum Gasteiger partial charge on any atom is 0.270 e. The first-order valence-electron chi connectivity index (χ1n) is 8.66. The van der Waals surface area contributed by atoms with Gasteiger partial charge in [-0.15, -0.1) is 0 Å². The van der Waals surface area contributed by atoms with Gasteiger partial charge in [-0.25, -0.2) is 0 Å². The van der Waals surface area contributed by atoms with Crippen LogP contribution in [-0.2, 0) is 6.54 Å². The largest absolute Gasteiger partial charge is 0.355 e. The van der Waals surface area contributed by atoms with E-state index in [0.29, 0.717) is 12.2 Å². The van der Waals surface area contributed by atoms with Crippen molar-refractivity contribution in [3.63, 3.8) is 0 Å². The van der Waals surface area contributed by atoms with Gasteiger partial charge < -0.3 is 10.6 Å². The van der Waals surface area contributed by atoms with Crippen LogP contribution in [0.15, 0.2) is 60.8 Å². The van der Waals surface area contributed by atoms with Gasteiger partial charge in [-0.3, -0.25) is 9.78 Å². The predicted octanol–water partition coefficient (Wildman–Crippen LogP) is 4.68. The molecule has 0 saturated heterocycles. The number of aromatic nitrogens is 1. The number of rotatable bonds is 5. The van der Waals surface area contributed by atoms with Crippen molar-refractivity contribution in [1.82, 2.24) is 10.3 Å². The summed E-state index contributed by atoms with van der Waals surface area (Å²) >= 11 is 0. The number of carbonyl (C=O) groups is 1. The van der Waals surface area contributed by atoms with Gasteiger partial charge >= 0.3 is 0 Å². The minimum atomic E-state index is -0.185. The van der Waals surface area contributed by atoms with Crippen LogP contribution >= 0.6 is 0 Å². The summed E-state index contributed by atoms with van der Waals surface area (Å²) in [6, 6.07) is 17.9. The Kier molecular flexibility index (Phi) is 5.32. The third-order valence-electron chi connectivity index (χ3n) is 4.45. The van der Waals surface area contributed by atoms with Crippen LogP contribution in [0.5, 0.6) is 0 Å². The molecule has 0 unspecified atom stereocenters. The number of nitrogens with one attached hydrogen (secondary N) is 2. The third-order valence-corrected chi connectivity index (χ3v) is 4.45. The van der Waals surface area contributed by atoms with Crippen LogP contribution in [0.25, 0.3) is 0 Å². The number of nitrogens with zero attached hydrogens (tertiary/aromatic N) is 1. The van der Waals surface area contributed by atoms with E-state index < -0.39 is 0 Å². The zero-order chi connectivity index (χ0) is 18.5. The van der Waals surface area contributed by atoms with Gasteiger partial charge in [0.1, 0.15) is 5.69 Å². The first-order chi connectivity index (χ1) is 12.5. The summed E-state index contributed by atoms with van der Waals surface area (Å²) < 4.78 is 0. The Hall–Kier alpha value is -3.14. The monoisotopic (exact) mass is 345 g/mol. The molecule has 0 saturated carbocycles. The Labute approximate surface area is 154 Å². The molecular weight excluding hydrogens is 322 g/mol. The normalized spacial score (nSPS) is 10.4. The lowest BCUT2D eigenvalue weighted by Crippen LogP contribution is -2.23. The number of hydrogen-bond acceptors (Lipinski definition) is 3. The Morgan fingerprint density at radius 3 is 2.54 bits per heavy atom. The summed E-state index contributed by atoms with van der Waals surface area (Å²) in [5, 5.41) is 6.29. The fraction of sp³-hybridized carbons (Fsp3) is 0.182. The van der Waals surface area contributed by atoms with Crippen molar-refractivity contribution in [2.24, 2.45) is 0 Å². The van der Waals surface area contributed by atoms with Crippen molar-refractivity contribution >= 4 is 17.3 Å². The number of benzene rings is 2. The molecule has 1 amide bonds. The number of anilines is 2. The molecule has 4 heteroatoms. The second-order valence-electron chi connectivity index (χ2n) is 6.47. The molecule has 0 spiro atoms. The summed E-state index contributed by atoms with van der Waals surface area (Å²) in [7, 11) is 0. The van der Waals surface area contributed by atoms with Gasteiger partial charge in [0.25, 0.3) is 5.91 Å². The highest BCUT2D eigenvalue weighted by Crippen LogP contribution is 2.22. The van der Waals surface area contributed by atoms with Crippen LogP contribution in [-0.4, -0.2) is 10.9 Å². The minimum Gasteiger partial charge on any atom is -0.355 e. The number of aryl methyl sites for hydroxylation is 2. The van der Waals surface area contributed by atoms with Crippen molar-refractivity contribution in [3.8, 4) is 0 Å². The van der Waals surface area contributed by atoms with E-state index in [1.165, 1.54) is 16.7 Å². The topological polar surface area (TPSA) is 54.0 Å². The Bertz CT molecular complexity index is 917. The highest BCUT2D eigenvalue weighted by atomic mass is 16.1. The molecule has 0 aliphatic heterocycles. The zero-order valence-corrected chi connectivity index (χ0v) is 15.3. The van der Waals surface area contributed by atoms with Crippen molar-refractivity contribution in [3.05, 3.63) is 88.7 Å². The zero-order valence-electron chi connectivity index (χ0n) is 15.3. The molecule has 2 aromatic carbocycles. The molecule has 0 aliphatic carbocycles. The Morgan fingerprint density at radius 2 is 1.77 bits per heavy atom. The molecule has 0 radical (unpaired) electrons. The standard InChI is InChI=1S/C22H23N3O/c1-15-7-9-18(10-8-15)14-24-22(26)21-13-19(11-12-23-21)25-20-6-4-5-16(2)17(20)3/h4-13H,14H2,1-3H3,(H,23,25)(H,24,26). The summed E-state index contributed by atoms with van der Waals surface area (Å²) in [6.07, 6.45) is 1.65. The van der Waals surface area contributed by atoms with Crippen LogP contribution in [0.3, 0.4) is 0 Å². The molecule has 4 nitrogen and oxygen atoms in total. The maximum absolute atomic E-state index is 12.4. The number of pyridine rings is 1. The van der Waals surface area contributed by atoms with Crippen molar-refractivity contribution in [2.45, 2.75) is 27.3 Å². The first kappa shape index (κ1) is 17.7. The van der Waals surface area contributed by atoms with E-state index >= 15 is 0 Å². The van der Waals surface area contributed by atoms with E-state index in [1.807, 2.05) is 49.4 Å². The van der Waals surface area contributed by atoms with Gasteiger partial charge in [-0.1, -0.05) is 42.0 Å². The van der Waals surface area contributed by atoms with Crippen molar-refractivity contribution in [2.75, 3.05) is 5.32 Å². The van der Waals surface area contributed by atoms with Crippen LogP contribution in [0.4, 0.5) is 11.4 Å². The molecule has 3 rings (SSSR count). The molecule has 1 heterocycles. The van der Waals surface area contributed by atoms with E-state index in [4.69, 9.17) is 0 Å². The van der Waals surface area contributed by atoms with Crippen molar-refractivity contribution < 1.29 is 4.79 Å². The van der Waals surface area contributed by atoms with Crippen LogP contribution in [0.2, 0.25) is 0 Å². The van der Waals surface area contributed by atoms with Crippen molar-refractivity contribution in [1.29, 1.82) is 0 Å². The fourth-order valence-corrected chi connectivity index (χ4v) is 2.65. The van der Waals surface area contributed by atoms with Crippen LogP contribution < -0.4 is 10.6 Å². The van der Waals surface area contributed by atoms with Gasteiger partial charge in [-0.2, -0.15) is 0 Å². The highest BCUT2D eigenvalue weighted by Gasteiger charge is 2.09. The minimum absolute atomic E-state index is 0.185. The fourth-order valence-electron chi connectivity index (χ4n) is 2.65. The van der Waals surface area contributed by atoms with Gasteiger partial charge in [-0.05, 0) is 55.7 Å². The van der Waals surface area contributed by atoms with E-state index in [0.717, 1.165) is 16.9 Å². The predicted molar refractivity (Wildman–Crippen MR) is 106 cm³/mol. The van der Waals surface area contributed by atoms with Gasteiger partial charge in [0, 0.05) is 24.1 Å². The van der Waals surface area contributed by atoms with Crippen LogP contribution in [0.1, 0.15) is 32.7 Å². The molecule has 2 N–H and O–H groups in total. The number of hydrogen-bond donors (Lipinski definition) is 2. The molecule has 0 bridgehead atoms. The van der Waals surface area contributed by atoms with E-state index in [9.17, 15) is 4.79 Å². The molecule has 0 atom stereocenters.